The van der Waals surface area contributed by atoms with Crippen molar-refractivity contribution in [2.45, 2.75) is 31.7 Å². The number of aliphatic hydroxyl groups excluding tert-OH is 1. The monoisotopic (exact) mass is 397 g/mol. The molecule has 8 nitrogen and oxygen atoms in total. The first-order valence-corrected chi connectivity index (χ1v) is 10.0. The van der Waals surface area contributed by atoms with Crippen LogP contribution in [0.25, 0.3) is 5.65 Å². The number of alkyl halides is 1. The van der Waals surface area contributed by atoms with Crippen LogP contribution < -0.4 is 15.1 Å². The Morgan fingerprint density at radius 2 is 1.93 bits per heavy atom. The molecule has 3 aromatic heterocycles. The third-order valence-corrected chi connectivity index (χ3v) is 5.59. The van der Waals surface area contributed by atoms with Gasteiger partial charge in [0, 0.05) is 19.6 Å². The zero-order chi connectivity index (χ0) is 19.8. The Labute approximate surface area is 168 Å². The molecule has 2 saturated heterocycles. The third kappa shape index (κ3) is 3.69. The van der Waals surface area contributed by atoms with Gasteiger partial charge >= 0.3 is 0 Å². The second-order valence-corrected chi connectivity index (χ2v) is 7.69. The molecule has 0 aliphatic carbocycles. The molecule has 5 rings (SSSR count). The molecule has 0 amide bonds. The molecule has 0 bridgehead atoms. The maximum absolute atomic E-state index is 13.5. The summed E-state index contributed by atoms with van der Waals surface area (Å²) in [6, 6.07) is 7.81. The van der Waals surface area contributed by atoms with Crippen LogP contribution in [-0.2, 0) is 6.54 Å². The van der Waals surface area contributed by atoms with Crippen molar-refractivity contribution in [3.05, 3.63) is 42.4 Å². The highest BCUT2D eigenvalue weighted by molar-refractivity contribution is 5.53. The summed E-state index contributed by atoms with van der Waals surface area (Å²) in [5.74, 6) is 1.53. The molecule has 2 N–H and O–H groups in total. The molecule has 0 aromatic carbocycles. The van der Waals surface area contributed by atoms with Crippen LogP contribution in [0.3, 0.4) is 0 Å². The van der Waals surface area contributed by atoms with Gasteiger partial charge in [-0.1, -0.05) is 0 Å². The maximum Gasteiger partial charge on any atom is 0.156 e. The normalized spacial score (nSPS) is 22.0. The number of halogens is 1. The number of imidazole rings is 1. The third-order valence-electron chi connectivity index (χ3n) is 5.59. The summed E-state index contributed by atoms with van der Waals surface area (Å²) in [5, 5.41) is 17.7. The Balaban J connectivity index is 1.28. The number of nitrogens with one attached hydrogen (secondary N) is 1. The number of hydrogen-bond acceptors (Lipinski definition) is 7. The average Bonchev–Trinajstić information content (AvgIpc) is 3.46. The van der Waals surface area contributed by atoms with Crippen LogP contribution in [0.2, 0.25) is 0 Å². The van der Waals surface area contributed by atoms with Crippen molar-refractivity contribution >= 4 is 23.0 Å². The van der Waals surface area contributed by atoms with Crippen LogP contribution in [0.15, 0.2) is 36.7 Å². The van der Waals surface area contributed by atoms with Gasteiger partial charge in [0.25, 0.3) is 0 Å². The molecule has 29 heavy (non-hydrogen) atoms. The van der Waals surface area contributed by atoms with E-state index in [1.807, 2.05) is 35.4 Å². The van der Waals surface area contributed by atoms with Crippen molar-refractivity contribution in [1.82, 2.24) is 19.6 Å². The van der Waals surface area contributed by atoms with E-state index in [1.54, 1.807) is 10.7 Å². The van der Waals surface area contributed by atoms with Crippen LogP contribution in [0.1, 0.15) is 18.5 Å². The number of rotatable bonds is 5. The molecule has 3 aromatic rings. The van der Waals surface area contributed by atoms with Gasteiger partial charge in [-0.2, -0.15) is 4.52 Å². The van der Waals surface area contributed by atoms with Crippen molar-refractivity contribution in [2.75, 3.05) is 41.3 Å². The number of fused-ring (bicyclic) bond motifs is 1. The Morgan fingerprint density at radius 1 is 1.03 bits per heavy atom. The van der Waals surface area contributed by atoms with Crippen molar-refractivity contribution in [3.63, 3.8) is 0 Å². The lowest BCUT2D eigenvalue weighted by molar-refractivity contribution is 0.198. The summed E-state index contributed by atoms with van der Waals surface area (Å²) in [6.07, 6.45) is 3.91. The first-order valence-electron chi connectivity index (χ1n) is 10.0. The van der Waals surface area contributed by atoms with E-state index in [2.05, 4.69) is 25.3 Å². The number of hydrogen-bond donors (Lipinski definition) is 2. The van der Waals surface area contributed by atoms with E-state index >= 15 is 0 Å². The number of pyridine rings is 1. The minimum atomic E-state index is -0.786. The van der Waals surface area contributed by atoms with Crippen molar-refractivity contribution < 1.29 is 9.50 Å². The topological polar surface area (TPSA) is 81.8 Å². The van der Waals surface area contributed by atoms with E-state index in [9.17, 15) is 9.50 Å². The second kappa shape index (κ2) is 7.47. The summed E-state index contributed by atoms with van der Waals surface area (Å²) in [6.45, 7) is 3.13. The van der Waals surface area contributed by atoms with Crippen LogP contribution in [0, 0.1) is 0 Å². The minimum Gasteiger partial charge on any atom is -0.391 e. The predicted molar refractivity (Wildman–Crippen MR) is 109 cm³/mol. The Hall–Kier alpha value is -2.94. The van der Waals surface area contributed by atoms with Gasteiger partial charge in [0.15, 0.2) is 5.65 Å². The molecule has 0 spiro atoms. The predicted octanol–water partition coefficient (Wildman–Crippen LogP) is 1.86. The highest BCUT2D eigenvalue weighted by atomic mass is 19.1. The first kappa shape index (κ1) is 18.1. The Bertz CT molecular complexity index is 992. The molecule has 2 atom stereocenters. The van der Waals surface area contributed by atoms with Crippen LogP contribution in [0.4, 0.5) is 21.7 Å². The van der Waals surface area contributed by atoms with Gasteiger partial charge in [0.2, 0.25) is 0 Å². The molecule has 0 saturated carbocycles. The van der Waals surface area contributed by atoms with E-state index in [0.717, 1.165) is 41.6 Å². The van der Waals surface area contributed by atoms with Crippen LogP contribution in [-0.4, -0.2) is 63.1 Å². The SMILES string of the molecule is OC1CCN(c2ccc(CNc3cnc4ccc(N5CCC(F)C5)nn34)nc2)C1. The fourth-order valence-electron chi connectivity index (χ4n) is 3.94. The summed E-state index contributed by atoms with van der Waals surface area (Å²) in [4.78, 5) is 13.0. The molecule has 9 heteroatoms. The summed E-state index contributed by atoms with van der Waals surface area (Å²) >= 11 is 0. The quantitative estimate of drug-likeness (QED) is 0.680. The van der Waals surface area contributed by atoms with Gasteiger partial charge in [-0.05, 0) is 37.1 Å². The van der Waals surface area contributed by atoms with Crippen LogP contribution >= 0.6 is 0 Å². The lowest BCUT2D eigenvalue weighted by atomic mass is 10.3. The Morgan fingerprint density at radius 3 is 2.66 bits per heavy atom. The van der Waals surface area contributed by atoms with E-state index in [1.165, 1.54) is 0 Å². The van der Waals surface area contributed by atoms with Crippen molar-refractivity contribution in [3.8, 4) is 0 Å². The maximum atomic E-state index is 13.5. The van der Waals surface area contributed by atoms with Crippen molar-refractivity contribution in [2.24, 2.45) is 0 Å². The molecule has 152 valence electrons. The fourth-order valence-corrected chi connectivity index (χ4v) is 3.94. The minimum absolute atomic E-state index is 0.250. The molecule has 2 unspecified atom stereocenters. The molecule has 5 heterocycles. The largest absolute Gasteiger partial charge is 0.391 e. The van der Waals surface area contributed by atoms with E-state index in [0.29, 0.717) is 32.6 Å². The molecule has 2 aliphatic rings. The standard InChI is InChI=1S/C20H24FN7O/c21-14-5-7-27(12-14)19-4-3-18-24-11-20(28(18)25-19)23-9-15-1-2-16(10-22-15)26-8-6-17(29)13-26/h1-4,10-11,14,17,23,29H,5-9,12-13H2. The molecule has 2 fully saturated rings. The Kier molecular flexibility index (Phi) is 4.67. The van der Waals surface area contributed by atoms with Gasteiger partial charge in [0.1, 0.15) is 17.8 Å². The number of nitrogens with zero attached hydrogens (tertiary/aromatic N) is 6. The fraction of sp³-hybridized carbons (Fsp3) is 0.450. The number of aromatic nitrogens is 4. The van der Waals surface area contributed by atoms with E-state index < -0.39 is 6.17 Å². The average molecular weight is 397 g/mol. The van der Waals surface area contributed by atoms with Gasteiger partial charge in [0.05, 0.1) is 43.0 Å². The van der Waals surface area contributed by atoms with E-state index in [-0.39, 0.29) is 6.10 Å². The lowest BCUT2D eigenvalue weighted by Gasteiger charge is -2.17. The molecular weight excluding hydrogens is 373 g/mol. The smallest absolute Gasteiger partial charge is 0.156 e. The summed E-state index contributed by atoms with van der Waals surface area (Å²) in [7, 11) is 0. The van der Waals surface area contributed by atoms with Gasteiger partial charge < -0.3 is 20.2 Å². The first-order chi connectivity index (χ1) is 14.2. The highest BCUT2D eigenvalue weighted by Crippen LogP contribution is 2.22. The molecular formula is C20H24FN7O. The van der Waals surface area contributed by atoms with Gasteiger partial charge in [-0.25, -0.2) is 9.37 Å². The van der Waals surface area contributed by atoms with Gasteiger partial charge in [-0.3, -0.25) is 4.98 Å². The zero-order valence-corrected chi connectivity index (χ0v) is 16.1. The number of β-amino-alcohol motifs (C(OH)–C–C–N with tert-alkyl or cyclic N) is 1. The second-order valence-electron chi connectivity index (χ2n) is 7.69. The molecule has 2 aliphatic heterocycles. The van der Waals surface area contributed by atoms with Crippen LogP contribution in [0.5, 0.6) is 0 Å². The highest BCUT2D eigenvalue weighted by Gasteiger charge is 2.23. The van der Waals surface area contributed by atoms with Gasteiger partial charge in [-0.15, -0.1) is 5.10 Å². The number of aliphatic hydroxyl groups is 1. The van der Waals surface area contributed by atoms with E-state index in [4.69, 9.17) is 0 Å². The summed E-state index contributed by atoms with van der Waals surface area (Å²) in [5.41, 5.74) is 2.67. The summed E-state index contributed by atoms with van der Waals surface area (Å²) < 4.78 is 15.3. The lowest BCUT2D eigenvalue weighted by Crippen LogP contribution is -2.22. The number of anilines is 3. The van der Waals surface area contributed by atoms with Crippen molar-refractivity contribution in [1.29, 1.82) is 0 Å². The zero-order valence-electron chi connectivity index (χ0n) is 16.1. The molecule has 0 radical (unpaired) electrons.